The Morgan fingerprint density at radius 3 is 2.27 bits per heavy atom. The van der Waals surface area contributed by atoms with E-state index in [0.29, 0.717) is 13.0 Å². The molecule has 2 N–H and O–H groups in total. The van der Waals surface area contributed by atoms with Crippen LogP contribution in [-0.2, 0) is 22.5 Å². The fourth-order valence-corrected chi connectivity index (χ4v) is 4.29. The maximum atomic E-state index is 12.5. The Bertz CT molecular complexity index is 920. The van der Waals surface area contributed by atoms with Crippen LogP contribution in [0.3, 0.4) is 0 Å². The minimum absolute atomic E-state index is 0.116. The number of carbonyl (C=O) groups excluding carboxylic acids is 1. The number of hydrogen-bond donors (Lipinski definition) is 2. The highest BCUT2D eigenvalue weighted by Crippen LogP contribution is 2.37. The molecule has 180 valence electrons. The lowest BCUT2D eigenvalue weighted by Crippen LogP contribution is -2.50. The van der Waals surface area contributed by atoms with Crippen molar-refractivity contribution < 1.29 is 23.8 Å². The number of aliphatic hydroxyl groups excluding tert-OH is 1. The number of hydrogen-bond acceptors (Lipinski definition) is 5. The van der Waals surface area contributed by atoms with Crippen molar-refractivity contribution in [2.24, 2.45) is 0 Å². The van der Waals surface area contributed by atoms with Gasteiger partial charge >= 0.3 is 6.09 Å². The summed E-state index contributed by atoms with van der Waals surface area (Å²) in [5.74, 6) is 0.843. The molecule has 0 aliphatic carbocycles. The molecule has 3 atom stereocenters. The predicted molar refractivity (Wildman–Crippen MR) is 132 cm³/mol. The Balaban J connectivity index is 1.64. The van der Waals surface area contributed by atoms with Crippen LogP contribution in [0.5, 0.6) is 5.75 Å². The van der Waals surface area contributed by atoms with E-state index < -0.39 is 32.2 Å². The highest BCUT2D eigenvalue weighted by molar-refractivity contribution is 6.74. The zero-order valence-corrected chi connectivity index (χ0v) is 21.6. The third-order valence-electron chi connectivity index (χ3n) is 6.68. The summed E-state index contributed by atoms with van der Waals surface area (Å²) in [7, 11) is -1.92. The van der Waals surface area contributed by atoms with Gasteiger partial charge in [-0.2, -0.15) is 0 Å². The Kier molecular flexibility index (Phi) is 7.56. The Morgan fingerprint density at radius 1 is 1.12 bits per heavy atom. The number of alkyl carbamates (subject to hydrolysis) is 1. The van der Waals surface area contributed by atoms with Crippen LogP contribution < -0.4 is 9.74 Å². The summed E-state index contributed by atoms with van der Waals surface area (Å²) >= 11 is 0. The number of carbonyl (C=O) groups is 1. The van der Waals surface area contributed by atoms with Gasteiger partial charge in [-0.3, -0.25) is 0 Å². The maximum absolute atomic E-state index is 12.5. The third-order valence-corrected chi connectivity index (χ3v) is 11.0. The molecular weight excluding hydrogens is 434 g/mol. The number of nitrogens with one attached hydrogen (secondary N) is 1. The van der Waals surface area contributed by atoms with E-state index in [4.69, 9.17) is 13.9 Å². The zero-order valence-electron chi connectivity index (χ0n) is 20.6. The first-order chi connectivity index (χ1) is 15.4. The van der Waals surface area contributed by atoms with Gasteiger partial charge in [-0.05, 0) is 54.7 Å². The van der Waals surface area contributed by atoms with Gasteiger partial charge in [-0.1, -0.05) is 63.2 Å². The van der Waals surface area contributed by atoms with Gasteiger partial charge in [0.2, 0.25) is 8.32 Å². The zero-order chi connectivity index (χ0) is 24.3. The quantitative estimate of drug-likeness (QED) is 0.395. The van der Waals surface area contributed by atoms with Crippen LogP contribution in [0.15, 0.2) is 54.6 Å². The van der Waals surface area contributed by atoms with Crippen molar-refractivity contribution in [1.29, 1.82) is 0 Å². The van der Waals surface area contributed by atoms with E-state index in [1.54, 1.807) is 0 Å². The minimum atomic E-state index is -1.92. The largest absolute Gasteiger partial charge is 0.544 e. The van der Waals surface area contributed by atoms with E-state index in [2.05, 4.69) is 39.2 Å². The van der Waals surface area contributed by atoms with Crippen LogP contribution in [-0.4, -0.2) is 43.9 Å². The summed E-state index contributed by atoms with van der Waals surface area (Å²) in [6.45, 7) is 13.5. The lowest BCUT2D eigenvalue weighted by Gasteiger charge is -2.36. The molecule has 0 bridgehead atoms. The molecule has 3 rings (SSSR count). The monoisotopic (exact) mass is 471 g/mol. The normalized spacial score (nSPS) is 20.0. The first-order valence-corrected chi connectivity index (χ1v) is 14.4. The van der Waals surface area contributed by atoms with Crippen LogP contribution in [0.4, 0.5) is 4.79 Å². The van der Waals surface area contributed by atoms with Crippen molar-refractivity contribution in [1.82, 2.24) is 5.32 Å². The SMILES string of the molecule is CC(C)(C)[Si](C)(C)Oc1ccc(CC(NC(=O)OCc2ccccc2)[C@H](O)[C@@]2(C)CO2)cc1. The summed E-state index contributed by atoms with van der Waals surface area (Å²) in [6, 6.07) is 16.8. The summed E-state index contributed by atoms with van der Waals surface area (Å²) in [4.78, 5) is 12.5. The number of aliphatic hydroxyl groups is 1. The van der Waals surface area contributed by atoms with Crippen molar-refractivity contribution in [2.45, 2.75) is 76.6 Å². The summed E-state index contributed by atoms with van der Waals surface area (Å²) in [5, 5.41) is 13.8. The second-order valence-corrected chi connectivity index (χ2v) is 15.3. The minimum Gasteiger partial charge on any atom is -0.544 e. The van der Waals surface area contributed by atoms with Crippen molar-refractivity contribution in [3.8, 4) is 5.75 Å². The van der Waals surface area contributed by atoms with Crippen molar-refractivity contribution >= 4 is 14.4 Å². The molecular formula is C26H37NO5Si. The van der Waals surface area contributed by atoms with Crippen LogP contribution in [0, 0.1) is 0 Å². The molecule has 1 heterocycles. The number of ether oxygens (including phenoxy) is 2. The van der Waals surface area contributed by atoms with Crippen LogP contribution >= 0.6 is 0 Å². The average Bonchev–Trinajstić information content (AvgIpc) is 3.51. The van der Waals surface area contributed by atoms with Gasteiger partial charge in [0.1, 0.15) is 24.1 Å². The van der Waals surface area contributed by atoms with Crippen molar-refractivity contribution in [3.63, 3.8) is 0 Å². The fourth-order valence-electron chi connectivity index (χ4n) is 3.26. The van der Waals surface area contributed by atoms with Crippen molar-refractivity contribution in [2.75, 3.05) is 6.61 Å². The Morgan fingerprint density at radius 2 is 1.73 bits per heavy atom. The molecule has 1 fully saturated rings. The summed E-state index contributed by atoms with van der Waals surface area (Å²) in [5.41, 5.74) is 1.23. The molecule has 33 heavy (non-hydrogen) atoms. The van der Waals surface area contributed by atoms with Gasteiger partial charge in [0.15, 0.2) is 0 Å². The Hall–Kier alpha value is -2.35. The van der Waals surface area contributed by atoms with Gasteiger partial charge in [-0.25, -0.2) is 4.79 Å². The van der Waals surface area contributed by atoms with Gasteiger partial charge in [0, 0.05) is 0 Å². The molecule has 0 spiro atoms. The van der Waals surface area contributed by atoms with E-state index in [-0.39, 0.29) is 11.6 Å². The summed E-state index contributed by atoms with van der Waals surface area (Å²) < 4.78 is 17.2. The van der Waals surface area contributed by atoms with Gasteiger partial charge in [0.05, 0.1) is 12.6 Å². The molecule has 2 aromatic carbocycles. The molecule has 0 saturated carbocycles. The van der Waals surface area contributed by atoms with E-state index in [9.17, 15) is 9.90 Å². The lowest BCUT2D eigenvalue weighted by atomic mass is 9.93. The maximum Gasteiger partial charge on any atom is 0.407 e. The average molecular weight is 472 g/mol. The second-order valence-electron chi connectivity index (χ2n) is 10.6. The van der Waals surface area contributed by atoms with Crippen LogP contribution in [0.1, 0.15) is 38.8 Å². The molecule has 0 aromatic heterocycles. The standard InChI is InChI=1S/C26H37NO5Si/c1-25(2,3)33(5,6)32-21-14-12-19(13-15-21)16-22(23(28)26(4)18-31-26)27-24(29)30-17-20-10-8-7-9-11-20/h7-15,22-23,28H,16-18H2,1-6H3,(H,27,29)/t22?,23-,26+/m0/s1. The number of epoxide rings is 1. The first kappa shape index (κ1) is 25.3. The second kappa shape index (κ2) is 9.87. The molecule has 2 aromatic rings. The molecule has 0 radical (unpaired) electrons. The highest BCUT2D eigenvalue weighted by atomic mass is 28.4. The van der Waals surface area contributed by atoms with Crippen LogP contribution in [0.25, 0.3) is 0 Å². The first-order valence-electron chi connectivity index (χ1n) is 11.5. The van der Waals surface area contributed by atoms with E-state index in [1.165, 1.54) is 0 Å². The van der Waals surface area contributed by atoms with Gasteiger partial charge in [0.25, 0.3) is 0 Å². The molecule has 1 unspecified atom stereocenters. The molecule has 1 aliphatic rings. The lowest BCUT2D eigenvalue weighted by molar-refractivity contribution is 0.0469. The molecule has 1 aliphatic heterocycles. The third kappa shape index (κ3) is 6.82. The topological polar surface area (TPSA) is 80.3 Å². The number of amides is 1. The highest BCUT2D eigenvalue weighted by Gasteiger charge is 2.50. The molecule has 1 saturated heterocycles. The van der Waals surface area contributed by atoms with E-state index in [1.807, 2.05) is 61.5 Å². The molecule has 6 nitrogen and oxygen atoms in total. The van der Waals surface area contributed by atoms with E-state index in [0.717, 1.165) is 16.9 Å². The fraction of sp³-hybridized carbons (Fsp3) is 0.500. The van der Waals surface area contributed by atoms with E-state index >= 15 is 0 Å². The molecule has 1 amide bonds. The van der Waals surface area contributed by atoms with Gasteiger partial charge in [-0.15, -0.1) is 0 Å². The summed E-state index contributed by atoms with van der Waals surface area (Å²) in [6.07, 6.45) is -0.976. The van der Waals surface area contributed by atoms with Gasteiger partial charge < -0.3 is 24.3 Å². The Labute approximate surface area is 198 Å². The number of rotatable bonds is 9. The smallest absolute Gasteiger partial charge is 0.407 e. The predicted octanol–water partition coefficient (Wildman–Crippen LogP) is 5.06. The number of benzene rings is 2. The van der Waals surface area contributed by atoms with Crippen LogP contribution in [0.2, 0.25) is 18.1 Å². The van der Waals surface area contributed by atoms with Crippen molar-refractivity contribution in [3.05, 3.63) is 65.7 Å². The molecule has 7 heteroatoms.